The molecule has 1 aliphatic heterocycles. The van der Waals surface area contributed by atoms with Gasteiger partial charge in [-0.05, 0) is 18.9 Å². The fourth-order valence-electron chi connectivity index (χ4n) is 1.44. The van der Waals surface area contributed by atoms with Gasteiger partial charge in [-0.25, -0.2) is 0 Å². The lowest BCUT2D eigenvalue weighted by Crippen LogP contribution is -2.28. The molecule has 0 saturated carbocycles. The highest BCUT2D eigenvalue weighted by atomic mass is 15.0. The van der Waals surface area contributed by atoms with Gasteiger partial charge in [-0.1, -0.05) is 13.3 Å². The molecule has 9 heavy (non-hydrogen) atoms. The molecule has 0 radical (unpaired) electrons. The SMILES string of the molecule is CCCC1CNCC1N. The molecule has 2 heteroatoms. The van der Waals surface area contributed by atoms with Gasteiger partial charge >= 0.3 is 0 Å². The van der Waals surface area contributed by atoms with Crippen molar-refractivity contribution in [2.45, 2.75) is 25.8 Å². The first kappa shape index (κ1) is 7.03. The van der Waals surface area contributed by atoms with E-state index in [0.29, 0.717) is 6.04 Å². The summed E-state index contributed by atoms with van der Waals surface area (Å²) in [6.45, 7) is 4.37. The first-order valence-corrected chi connectivity index (χ1v) is 3.81. The summed E-state index contributed by atoms with van der Waals surface area (Å²) in [5, 5.41) is 3.28. The van der Waals surface area contributed by atoms with Gasteiger partial charge in [0, 0.05) is 12.6 Å². The number of rotatable bonds is 2. The molecule has 1 aliphatic rings. The second-order valence-electron chi connectivity index (χ2n) is 2.87. The van der Waals surface area contributed by atoms with E-state index < -0.39 is 0 Å². The lowest BCUT2D eigenvalue weighted by molar-refractivity contribution is 0.471. The van der Waals surface area contributed by atoms with Crippen molar-refractivity contribution in [3.63, 3.8) is 0 Å². The van der Waals surface area contributed by atoms with E-state index >= 15 is 0 Å². The van der Waals surface area contributed by atoms with Crippen LogP contribution in [-0.4, -0.2) is 19.1 Å². The van der Waals surface area contributed by atoms with Crippen LogP contribution in [0.25, 0.3) is 0 Å². The Hall–Kier alpha value is -0.0800. The first-order chi connectivity index (χ1) is 4.34. The summed E-state index contributed by atoms with van der Waals surface area (Å²) >= 11 is 0. The Morgan fingerprint density at radius 1 is 1.56 bits per heavy atom. The molecule has 2 atom stereocenters. The van der Waals surface area contributed by atoms with Gasteiger partial charge in [0.1, 0.15) is 0 Å². The van der Waals surface area contributed by atoms with Gasteiger partial charge in [-0.3, -0.25) is 0 Å². The fourth-order valence-corrected chi connectivity index (χ4v) is 1.44. The molecule has 0 aliphatic carbocycles. The van der Waals surface area contributed by atoms with Crippen molar-refractivity contribution in [2.75, 3.05) is 13.1 Å². The summed E-state index contributed by atoms with van der Waals surface area (Å²) in [7, 11) is 0. The lowest BCUT2D eigenvalue weighted by Gasteiger charge is -2.11. The van der Waals surface area contributed by atoms with Crippen molar-refractivity contribution < 1.29 is 0 Å². The summed E-state index contributed by atoms with van der Waals surface area (Å²) in [5.74, 6) is 0.745. The van der Waals surface area contributed by atoms with Crippen molar-refractivity contribution in [3.8, 4) is 0 Å². The number of hydrogen-bond donors (Lipinski definition) is 2. The minimum absolute atomic E-state index is 0.421. The predicted molar refractivity (Wildman–Crippen MR) is 39.2 cm³/mol. The van der Waals surface area contributed by atoms with Crippen LogP contribution in [0, 0.1) is 5.92 Å². The van der Waals surface area contributed by atoms with Gasteiger partial charge in [-0.15, -0.1) is 0 Å². The maximum absolute atomic E-state index is 5.80. The van der Waals surface area contributed by atoms with Crippen molar-refractivity contribution >= 4 is 0 Å². The zero-order chi connectivity index (χ0) is 6.69. The molecule has 0 bridgehead atoms. The Balaban J connectivity index is 2.22. The first-order valence-electron chi connectivity index (χ1n) is 3.81. The highest BCUT2D eigenvalue weighted by molar-refractivity contribution is 4.82. The van der Waals surface area contributed by atoms with Crippen molar-refractivity contribution in [2.24, 2.45) is 11.7 Å². The zero-order valence-electron chi connectivity index (χ0n) is 6.06. The van der Waals surface area contributed by atoms with Gasteiger partial charge in [0.2, 0.25) is 0 Å². The summed E-state index contributed by atoms with van der Waals surface area (Å²) in [5.41, 5.74) is 5.80. The summed E-state index contributed by atoms with van der Waals surface area (Å²) in [6.07, 6.45) is 2.55. The van der Waals surface area contributed by atoms with E-state index in [2.05, 4.69) is 12.2 Å². The maximum atomic E-state index is 5.80. The Bertz CT molecular complexity index is 83.0. The summed E-state index contributed by atoms with van der Waals surface area (Å²) in [4.78, 5) is 0. The van der Waals surface area contributed by atoms with Crippen LogP contribution in [-0.2, 0) is 0 Å². The van der Waals surface area contributed by atoms with Crippen LogP contribution in [0.3, 0.4) is 0 Å². The quantitative estimate of drug-likeness (QED) is 0.562. The highest BCUT2D eigenvalue weighted by Gasteiger charge is 2.21. The number of nitrogens with one attached hydrogen (secondary N) is 1. The van der Waals surface area contributed by atoms with Crippen LogP contribution in [0.1, 0.15) is 19.8 Å². The standard InChI is InChI=1S/C7H16N2/c1-2-3-6-4-9-5-7(6)8/h6-7,9H,2-5,8H2,1H3. The van der Waals surface area contributed by atoms with E-state index in [4.69, 9.17) is 5.73 Å². The van der Waals surface area contributed by atoms with E-state index in [9.17, 15) is 0 Å². The summed E-state index contributed by atoms with van der Waals surface area (Å²) < 4.78 is 0. The molecular formula is C7H16N2. The molecule has 0 aromatic rings. The van der Waals surface area contributed by atoms with Crippen molar-refractivity contribution in [1.82, 2.24) is 5.32 Å². The second-order valence-corrected chi connectivity index (χ2v) is 2.87. The molecule has 0 aromatic heterocycles. The Morgan fingerprint density at radius 2 is 2.33 bits per heavy atom. The highest BCUT2D eigenvalue weighted by Crippen LogP contribution is 2.12. The molecule has 1 heterocycles. The normalized spacial score (nSPS) is 35.3. The third-order valence-corrected chi connectivity index (χ3v) is 2.05. The molecule has 2 nitrogen and oxygen atoms in total. The molecule has 0 spiro atoms. The molecule has 1 rings (SSSR count). The van der Waals surface area contributed by atoms with Crippen molar-refractivity contribution in [3.05, 3.63) is 0 Å². The molecule has 1 saturated heterocycles. The number of nitrogens with two attached hydrogens (primary N) is 1. The smallest absolute Gasteiger partial charge is 0.0206 e. The van der Waals surface area contributed by atoms with Crippen LogP contribution in [0.15, 0.2) is 0 Å². The van der Waals surface area contributed by atoms with Crippen molar-refractivity contribution in [1.29, 1.82) is 0 Å². The Labute approximate surface area is 56.8 Å². The van der Waals surface area contributed by atoms with E-state index in [0.717, 1.165) is 19.0 Å². The largest absolute Gasteiger partial charge is 0.326 e. The zero-order valence-corrected chi connectivity index (χ0v) is 6.06. The van der Waals surface area contributed by atoms with Gasteiger partial charge in [0.15, 0.2) is 0 Å². The van der Waals surface area contributed by atoms with Crippen LogP contribution in [0.2, 0.25) is 0 Å². The van der Waals surface area contributed by atoms with Crippen LogP contribution >= 0.6 is 0 Å². The maximum Gasteiger partial charge on any atom is 0.0206 e. The predicted octanol–water partition coefficient (Wildman–Crippen LogP) is 0.333. The lowest BCUT2D eigenvalue weighted by atomic mass is 9.99. The molecule has 3 N–H and O–H groups in total. The van der Waals surface area contributed by atoms with Gasteiger partial charge in [-0.2, -0.15) is 0 Å². The average Bonchev–Trinajstić information content (AvgIpc) is 2.18. The fraction of sp³-hybridized carbons (Fsp3) is 1.00. The molecule has 2 unspecified atom stereocenters. The third kappa shape index (κ3) is 1.66. The average molecular weight is 128 g/mol. The summed E-state index contributed by atoms with van der Waals surface area (Å²) in [6, 6.07) is 0.421. The van der Waals surface area contributed by atoms with E-state index in [1.165, 1.54) is 12.8 Å². The second kappa shape index (κ2) is 3.18. The van der Waals surface area contributed by atoms with Crippen LogP contribution in [0.5, 0.6) is 0 Å². The van der Waals surface area contributed by atoms with Gasteiger partial charge in [0.25, 0.3) is 0 Å². The van der Waals surface area contributed by atoms with Crippen LogP contribution in [0.4, 0.5) is 0 Å². The molecule has 0 amide bonds. The third-order valence-electron chi connectivity index (χ3n) is 2.05. The monoisotopic (exact) mass is 128 g/mol. The molecule has 0 aromatic carbocycles. The van der Waals surface area contributed by atoms with Gasteiger partial charge < -0.3 is 11.1 Å². The topological polar surface area (TPSA) is 38.0 Å². The minimum Gasteiger partial charge on any atom is -0.326 e. The van der Waals surface area contributed by atoms with E-state index in [1.54, 1.807) is 0 Å². The van der Waals surface area contributed by atoms with E-state index in [1.807, 2.05) is 0 Å². The number of hydrogen-bond acceptors (Lipinski definition) is 2. The molecule has 54 valence electrons. The van der Waals surface area contributed by atoms with Crippen LogP contribution < -0.4 is 11.1 Å². The van der Waals surface area contributed by atoms with Gasteiger partial charge in [0.05, 0.1) is 0 Å². The van der Waals surface area contributed by atoms with E-state index in [-0.39, 0.29) is 0 Å². The minimum atomic E-state index is 0.421. The molecular weight excluding hydrogens is 112 g/mol. The molecule has 1 fully saturated rings. The Morgan fingerprint density at radius 3 is 2.78 bits per heavy atom. The Kier molecular flexibility index (Phi) is 2.49.